The Kier molecular flexibility index (Phi) is 7.22. The second-order valence-corrected chi connectivity index (χ2v) is 6.54. The van der Waals surface area contributed by atoms with Crippen molar-refractivity contribution in [3.05, 3.63) is 71.8 Å². The van der Waals surface area contributed by atoms with Gasteiger partial charge in [-0.25, -0.2) is 9.67 Å². The number of nitrogens with zero attached hydrogens (tertiary/aromatic N) is 3. The fourth-order valence-corrected chi connectivity index (χ4v) is 2.87. The van der Waals surface area contributed by atoms with Gasteiger partial charge in [0.05, 0.1) is 19.8 Å². The summed E-state index contributed by atoms with van der Waals surface area (Å²) in [5, 5.41) is 7.08. The summed E-state index contributed by atoms with van der Waals surface area (Å²) in [5.74, 6) is 1.09. The van der Waals surface area contributed by atoms with Crippen LogP contribution in [0.3, 0.4) is 0 Å². The van der Waals surface area contributed by atoms with Gasteiger partial charge in [-0.2, -0.15) is 5.10 Å². The Morgan fingerprint density at radius 3 is 2.69 bits per heavy atom. The number of aromatic nitrogens is 3. The molecule has 0 atom stereocenters. The Bertz CT molecular complexity index is 926. The standard InChI is InChI=1S/C22H26N4O3/c1-3-10-29-20-9-8-19(12-21(20)28-4-2)22(27)24-13-17-6-5-7-18(11-17)14-26-16-23-15-25-26/h5-9,11-12,15-16H,3-4,10,13-14H2,1-2H3,(H,24,27). The maximum absolute atomic E-state index is 12.6. The normalized spacial score (nSPS) is 10.6. The first-order chi connectivity index (χ1) is 14.2. The highest BCUT2D eigenvalue weighted by Crippen LogP contribution is 2.28. The van der Waals surface area contributed by atoms with Crippen LogP contribution in [0.1, 0.15) is 41.8 Å². The van der Waals surface area contributed by atoms with E-state index in [0.717, 1.165) is 17.5 Å². The molecule has 0 unspecified atom stereocenters. The van der Waals surface area contributed by atoms with Gasteiger partial charge in [0.25, 0.3) is 5.91 Å². The second kappa shape index (κ2) is 10.3. The average molecular weight is 394 g/mol. The molecule has 0 fully saturated rings. The van der Waals surface area contributed by atoms with E-state index >= 15 is 0 Å². The molecule has 0 aliphatic rings. The number of benzene rings is 2. The molecule has 0 aliphatic heterocycles. The summed E-state index contributed by atoms with van der Waals surface area (Å²) >= 11 is 0. The number of hydrogen-bond donors (Lipinski definition) is 1. The molecule has 2 aromatic carbocycles. The van der Waals surface area contributed by atoms with E-state index in [1.807, 2.05) is 32.0 Å². The minimum absolute atomic E-state index is 0.158. The first-order valence-electron chi connectivity index (χ1n) is 9.77. The van der Waals surface area contributed by atoms with E-state index in [0.29, 0.717) is 43.4 Å². The van der Waals surface area contributed by atoms with Crippen molar-refractivity contribution in [1.82, 2.24) is 20.1 Å². The molecule has 3 aromatic rings. The third-order valence-corrected chi connectivity index (χ3v) is 4.22. The predicted octanol–water partition coefficient (Wildman–Crippen LogP) is 3.44. The van der Waals surface area contributed by atoms with Gasteiger partial charge in [-0.3, -0.25) is 4.79 Å². The lowest BCUT2D eigenvalue weighted by Crippen LogP contribution is -2.23. The number of carbonyl (C=O) groups excluding carboxylic acids is 1. The van der Waals surface area contributed by atoms with Crippen LogP contribution in [0.15, 0.2) is 55.1 Å². The number of carbonyl (C=O) groups is 1. The molecule has 152 valence electrons. The van der Waals surface area contributed by atoms with E-state index in [2.05, 4.69) is 21.5 Å². The molecule has 0 bridgehead atoms. The van der Waals surface area contributed by atoms with Gasteiger partial charge >= 0.3 is 0 Å². The molecule has 1 N–H and O–H groups in total. The molecule has 0 spiro atoms. The van der Waals surface area contributed by atoms with Crippen molar-refractivity contribution >= 4 is 5.91 Å². The van der Waals surface area contributed by atoms with E-state index in [1.54, 1.807) is 29.2 Å². The van der Waals surface area contributed by atoms with E-state index in [-0.39, 0.29) is 5.91 Å². The fourth-order valence-electron chi connectivity index (χ4n) is 2.87. The van der Waals surface area contributed by atoms with Crippen LogP contribution in [-0.4, -0.2) is 33.9 Å². The average Bonchev–Trinajstić information content (AvgIpc) is 3.24. The predicted molar refractivity (Wildman–Crippen MR) is 110 cm³/mol. The van der Waals surface area contributed by atoms with Crippen molar-refractivity contribution in [2.75, 3.05) is 13.2 Å². The molecule has 0 saturated heterocycles. The van der Waals surface area contributed by atoms with Gasteiger partial charge in [-0.15, -0.1) is 0 Å². The van der Waals surface area contributed by atoms with E-state index in [9.17, 15) is 4.79 Å². The molecule has 1 aromatic heterocycles. The zero-order valence-electron chi connectivity index (χ0n) is 16.8. The van der Waals surface area contributed by atoms with Crippen molar-refractivity contribution in [3.63, 3.8) is 0 Å². The Balaban J connectivity index is 1.63. The van der Waals surface area contributed by atoms with Crippen LogP contribution in [0.4, 0.5) is 0 Å². The van der Waals surface area contributed by atoms with Gasteiger partial charge < -0.3 is 14.8 Å². The lowest BCUT2D eigenvalue weighted by Gasteiger charge is -2.13. The third kappa shape index (κ3) is 5.81. The number of rotatable bonds is 10. The zero-order valence-corrected chi connectivity index (χ0v) is 16.8. The van der Waals surface area contributed by atoms with E-state index in [1.165, 1.54) is 6.33 Å². The van der Waals surface area contributed by atoms with Crippen LogP contribution in [0.25, 0.3) is 0 Å². The summed E-state index contributed by atoms with van der Waals surface area (Å²) in [6.45, 7) is 6.13. The van der Waals surface area contributed by atoms with Crippen molar-refractivity contribution in [3.8, 4) is 11.5 Å². The first-order valence-corrected chi connectivity index (χ1v) is 9.77. The highest BCUT2D eigenvalue weighted by molar-refractivity contribution is 5.94. The largest absolute Gasteiger partial charge is 0.490 e. The van der Waals surface area contributed by atoms with Crippen LogP contribution in [0.5, 0.6) is 11.5 Å². The fraction of sp³-hybridized carbons (Fsp3) is 0.318. The monoisotopic (exact) mass is 394 g/mol. The topological polar surface area (TPSA) is 78.3 Å². The van der Waals surface area contributed by atoms with Crippen molar-refractivity contribution in [1.29, 1.82) is 0 Å². The van der Waals surface area contributed by atoms with Crippen LogP contribution in [0.2, 0.25) is 0 Å². The summed E-state index contributed by atoms with van der Waals surface area (Å²) < 4.78 is 13.1. The van der Waals surface area contributed by atoms with Gasteiger partial charge in [0.2, 0.25) is 0 Å². The second-order valence-electron chi connectivity index (χ2n) is 6.54. The molecule has 1 amide bonds. The maximum atomic E-state index is 12.6. The van der Waals surface area contributed by atoms with E-state index < -0.39 is 0 Å². The van der Waals surface area contributed by atoms with Crippen LogP contribution in [-0.2, 0) is 13.1 Å². The summed E-state index contributed by atoms with van der Waals surface area (Å²) in [6, 6.07) is 13.3. The smallest absolute Gasteiger partial charge is 0.251 e. The summed E-state index contributed by atoms with van der Waals surface area (Å²) in [4.78, 5) is 16.6. The summed E-state index contributed by atoms with van der Waals surface area (Å²) in [6.07, 6.45) is 4.10. The molecule has 1 heterocycles. The van der Waals surface area contributed by atoms with Gasteiger partial charge in [-0.1, -0.05) is 31.2 Å². The Labute approximate surface area is 170 Å². The lowest BCUT2D eigenvalue weighted by molar-refractivity contribution is 0.0950. The van der Waals surface area contributed by atoms with Crippen LogP contribution < -0.4 is 14.8 Å². The first kappa shape index (κ1) is 20.4. The van der Waals surface area contributed by atoms with Gasteiger partial charge in [-0.05, 0) is 42.7 Å². The minimum atomic E-state index is -0.158. The third-order valence-electron chi connectivity index (χ3n) is 4.22. The molecule has 7 heteroatoms. The molecule has 7 nitrogen and oxygen atoms in total. The Morgan fingerprint density at radius 2 is 1.93 bits per heavy atom. The molecule has 0 radical (unpaired) electrons. The Morgan fingerprint density at radius 1 is 1.07 bits per heavy atom. The zero-order chi connectivity index (χ0) is 20.5. The number of amides is 1. The highest BCUT2D eigenvalue weighted by atomic mass is 16.5. The number of ether oxygens (including phenoxy) is 2. The maximum Gasteiger partial charge on any atom is 0.251 e. The molecular weight excluding hydrogens is 368 g/mol. The SMILES string of the molecule is CCCOc1ccc(C(=O)NCc2cccc(Cn3cncn3)c2)cc1OCC. The van der Waals surface area contributed by atoms with Gasteiger partial charge in [0.15, 0.2) is 11.5 Å². The highest BCUT2D eigenvalue weighted by Gasteiger charge is 2.12. The number of nitrogens with one attached hydrogen (secondary N) is 1. The van der Waals surface area contributed by atoms with Gasteiger partial charge in [0.1, 0.15) is 12.7 Å². The summed E-state index contributed by atoms with van der Waals surface area (Å²) in [7, 11) is 0. The summed E-state index contributed by atoms with van der Waals surface area (Å²) in [5.41, 5.74) is 2.65. The molecule has 0 saturated carbocycles. The molecular formula is C22H26N4O3. The molecule has 0 aliphatic carbocycles. The minimum Gasteiger partial charge on any atom is -0.490 e. The van der Waals surface area contributed by atoms with Crippen molar-refractivity contribution in [2.24, 2.45) is 0 Å². The van der Waals surface area contributed by atoms with Crippen molar-refractivity contribution < 1.29 is 14.3 Å². The quantitative estimate of drug-likeness (QED) is 0.570. The van der Waals surface area contributed by atoms with E-state index in [4.69, 9.17) is 9.47 Å². The lowest BCUT2D eigenvalue weighted by atomic mass is 10.1. The Hall–Kier alpha value is -3.35. The van der Waals surface area contributed by atoms with Crippen LogP contribution in [0, 0.1) is 0 Å². The van der Waals surface area contributed by atoms with Gasteiger partial charge in [0, 0.05) is 12.1 Å². The number of hydrogen-bond acceptors (Lipinski definition) is 5. The van der Waals surface area contributed by atoms with Crippen molar-refractivity contribution in [2.45, 2.75) is 33.4 Å². The molecule has 3 rings (SSSR count). The van der Waals surface area contributed by atoms with Crippen LogP contribution >= 0.6 is 0 Å². The molecule has 29 heavy (non-hydrogen) atoms.